The molecule has 1 saturated heterocycles. The first-order valence-corrected chi connectivity index (χ1v) is 8.07. The number of rotatable bonds is 3. The van der Waals surface area contributed by atoms with Gasteiger partial charge in [-0.15, -0.1) is 0 Å². The summed E-state index contributed by atoms with van der Waals surface area (Å²) in [7, 11) is -3.51. The van der Waals surface area contributed by atoms with E-state index in [9.17, 15) is 12.8 Å². The molecule has 0 radical (unpaired) electrons. The summed E-state index contributed by atoms with van der Waals surface area (Å²) >= 11 is 11.3. The molecule has 106 valence electrons. The lowest BCUT2D eigenvalue weighted by atomic mass is 10.2. The van der Waals surface area contributed by atoms with E-state index < -0.39 is 21.1 Å². The van der Waals surface area contributed by atoms with Crippen molar-refractivity contribution in [2.75, 3.05) is 17.8 Å². The van der Waals surface area contributed by atoms with Gasteiger partial charge in [-0.2, -0.15) is 0 Å². The van der Waals surface area contributed by atoms with Crippen molar-refractivity contribution in [1.82, 2.24) is 5.32 Å². The van der Waals surface area contributed by atoms with Crippen LogP contribution >= 0.6 is 23.2 Å². The van der Waals surface area contributed by atoms with E-state index in [-0.39, 0.29) is 15.7 Å². The zero-order chi connectivity index (χ0) is 14.0. The molecule has 0 aromatic heterocycles. The highest BCUT2D eigenvalue weighted by Gasteiger charge is 2.27. The topological polar surface area (TPSA) is 58.2 Å². The van der Waals surface area contributed by atoms with Crippen LogP contribution in [0.25, 0.3) is 0 Å². The van der Waals surface area contributed by atoms with Crippen molar-refractivity contribution in [3.8, 4) is 0 Å². The van der Waals surface area contributed by atoms with Crippen molar-refractivity contribution in [1.29, 1.82) is 0 Å². The van der Waals surface area contributed by atoms with Crippen LogP contribution in [-0.4, -0.2) is 26.8 Å². The third kappa shape index (κ3) is 3.51. The molecule has 4 nitrogen and oxygen atoms in total. The number of hydrogen-bond donors (Lipinski definition) is 2. The number of benzene rings is 1. The van der Waals surface area contributed by atoms with E-state index in [1.54, 1.807) is 0 Å². The minimum absolute atomic E-state index is 0.176. The molecule has 0 unspecified atom stereocenters. The molecular weight excluding hydrogens is 314 g/mol. The molecule has 1 aliphatic heterocycles. The summed E-state index contributed by atoms with van der Waals surface area (Å²) in [4.78, 5) is 0. The zero-order valence-corrected chi connectivity index (χ0v) is 12.2. The highest BCUT2D eigenvalue weighted by molar-refractivity contribution is 7.93. The maximum absolute atomic E-state index is 13.2. The van der Waals surface area contributed by atoms with Gasteiger partial charge in [0.15, 0.2) is 5.82 Å². The Morgan fingerprint density at radius 2 is 1.74 bits per heavy atom. The Hall–Kier alpha value is -0.560. The highest BCUT2D eigenvalue weighted by atomic mass is 35.5. The monoisotopic (exact) mass is 326 g/mol. The quantitative estimate of drug-likeness (QED) is 0.839. The van der Waals surface area contributed by atoms with Crippen LogP contribution in [0.5, 0.6) is 0 Å². The van der Waals surface area contributed by atoms with Gasteiger partial charge in [-0.1, -0.05) is 23.2 Å². The standard InChI is InChI=1S/C11H13Cl2FN2O2S/c12-9-5-7(6-10(13)11(9)14)16-19(17,18)8-1-3-15-4-2-8/h5-6,8,15-16H,1-4H2. The molecule has 0 atom stereocenters. The first kappa shape index (κ1) is 14.8. The van der Waals surface area contributed by atoms with Crippen LogP contribution in [0.15, 0.2) is 12.1 Å². The molecule has 0 bridgehead atoms. The lowest BCUT2D eigenvalue weighted by Gasteiger charge is -2.23. The molecule has 1 heterocycles. The number of anilines is 1. The van der Waals surface area contributed by atoms with Crippen LogP contribution in [0.2, 0.25) is 10.0 Å². The van der Waals surface area contributed by atoms with Crippen molar-refractivity contribution in [3.63, 3.8) is 0 Å². The summed E-state index contributed by atoms with van der Waals surface area (Å²) < 4.78 is 39.9. The largest absolute Gasteiger partial charge is 0.317 e. The van der Waals surface area contributed by atoms with Gasteiger partial charge in [0, 0.05) is 0 Å². The van der Waals surface area contributed by atoms with Crippen LogP contribution in [0.4, 0.5) is 10.1 Å². The van der Waals surface area contributed by atoms with Crippen molar-refractivity contribution >= 4 is 38.9 Å². The van der Waals surface area contributed by atoms with Crippen molar-refractivity contribution < 1.29 is 12.8 Å². The zero-order valence-electron chi connectivity index (χ0n) is 9.92. The fourth-order valence-electron chi connectivity index (χ4n) is 1.97. The van der Waals surface area contributed by atoms with Gasteiger partial charge in [-0.05, 0) is 38.1 Å². The molecule has 0 amide bonds. The lowest BCUT2D eigenvalue weighted by molar-refractivity contribution is 0.499. The second kappa shape index (κ2) is 5.83. The SMILES string of the molecule is O=S(=O)(Nc1cc(Cl)c(F)c(Cl)c1)C1CCNCC1. The third-order valence-electron chi connectivity index (χ3n) is 2.97. The van der Waals surface area contributed by atoms with Gasteiger partial charge in [0.05, 0.1) is 21.0 Å². The summed E-state index contributed by atoms with van der Waals surface area (Å²) in [5.74, 6) is -0.756. The van der Waals surface area contributed by atoms with Crippen molar-refractivity contribution in [2.24, 2.45) is 0 Å². The molecule has 1 fully saturated rings. The normalized spacial score (nSPS) is 17.4. The predicted octanol–water partition coefficient (Wildman–Crippen LogP) is 2.63. The maximum atomic E-state index is 13.2. The van der Waals surface area contributed by atoms with E-state index in [4.69, 9.17) is 23.2 Å². The van der Waals surface area contributed by atoms with Gasteiger partial charge in [-0.25, -0.2) is 12.8 Å². The van der Waals surface area contributed by atoms with E-state index in [0.29, 0.717) is 25.9 Å². The van der Waals surface area contributed by atoms with E-state index >= 15 is 0 Å². The molecule has 1 aliphatic rings. The Balaban J connectivity index is 2.20. The molecule has 0 saturated carbocycles. The Morgan fingerprint density at radius 3 is 2.26 bits per heavy atom. The molecule has 8 heteroatoms. The first-order chi connectivity index (χ1) is 8.90. The van der Waals surface area contributed by atoms with E-state index in [0.717, 1.165) is 0 Å². The Labute approximate surface area is 121 Å². The number of halogens is 3. The van der Waals surface area contributed by atoms with Gasteiger partial charge in [0.25, 0.3) is 0 Å². The van der Waals surface area contributed by atoms with Gasteiger partial charge in [-0.3, -0.25) is 4.72 Å². The number of nitrogens with one attached hydrogen (secondary N) is 2. The second-order valence-electron chi connectivity index (χ2n) is 4.35. The Kier molecular flexibility index (Phi) is 4.55. The van der Waals surface area contributed by atoms with Crippen LogP contribution in [-0.2, 0) is 10.0 Å². The highest BCUT2D eigenvalue weighted by Crippen LogP contribution is 2.28. The number of hydrogen-bond acceptors (Lipinski definition) is 3. The van der Waals surface area contributed by atoms with E-state index in [2.05, 4.69) is 10.0 Å². The van der Waals surface area contributed by atoms with E-state index in [1.165, 1.54) is 12.1 Å². The Bertz CT molecular complexity index is 551. The smallest absolute Gasteiger partial charge is 0.235 e. The fraction of sp³-hybridized carbons (Fsp3) is 0.455. The molecule has 1 aromatic carbocycles. The molecule has 0 spiro atoms. The third-order valence-corrected chi connectivity index (χ3v) is 5.39. The molecule has 2 rings (SSSR count). The fourth-order valence-corrected chi connectivity index (χ4v) is 3.92. The molecule has 0 aliphatic carbocycles. The molecule has 2 N–H and O–H groups in total. The van der Waals surface area contributed by atoms with Crippen molar-refractivity contribution in [2.45, 2.75) is 18.1 Å². The Morgan fingerprint density at radius 1 is 1.21 bits per heavy atom. The predicted molar refractivity (Wildman–Crippen MR) is 74.9 cm³/mol. The van der Waals surface area contributed by atoms with Gasteiger partial charge >= 0.3 is 0 Å². The van der Waals surface area contributed by atoms with Crippen LogP contribution in [0, 0.1) is 5.82 Å². The van der Waals surface area contributed by atoms with E-state index in [1.807, 2.05) is 0 Å². The van der Waals surface area contributed by atoms with Crippen molar-refractivity contribution in [3.05, 3.63) is 28.0 Å². The van der Waals surface area contributed by atoms with Crippen LogP contribution in [0.3, 0.4) is 0 Å². The van der Waals surface area contributed by atoms with Gasteiger partial charge in [0.2, 0.25) is 10.0 Å². The average Bonchev–Trinajstić information content (AvgIpc) is 2.36. The van der Waals surface area contributed by atoms with Gasteiger partial charge < -0.3 is 5.32 Å². The average molecular weight is 327 g/mol. The second-order valence-corrected chi connectivity index (χ2v) is 7.13. The van der Waals surface area contributed by atoms with Gasteiger partial charge in [0.1, 0.15) is 0 Å². The number of sulfonamides is 1. The summed E-state index contributed by atoms with van der Waals surface area (Å²) in [6, 6.07) is 2.42. The lowest BCUT2D eigenvalue weighted by Crippen LogP contribution is -2.38. The summed E-state index contributed by atoms with van der Waals surface area (Å²) in [5.41, 5.74) is 0.176. The van der Waals surface area contributed by atoms with Crippen LogP contribution in [0.1, 0.15) is 12.8 Å². The summed E-state index contributed by atoms with van der Waals surface area (Å²) in [5, 5.41) is 2.21. The molecular formula is C11H13Cl2FN2O2S. The molecule has 19 heavy (non-hydrogen) atoms. The molecule has 1 aromatic rings. The maximum Gasteiger partial charge on any atom is 0.235 e. The summed E-state index contributed by atoms with van der Waals surface area (Å²) in [6.07, 6.45) is 1.08. The first-order valence-electron chi connectivity index (χ1n) is 5.77. The number of piperidine rings is 1. The minimum atomic E-state index is -3.51. The minimum Gasteiger partial charge on any atom is -0.317 e. The summed E-state index contributed by atoms with van der Waals surface area (Å²) in [6.45, 7) is 1.33. The van der Waals surface area contributed by atoms with Crippen LogP contribution < -0.4 is 10.0 Å².